The smallest absolute Gasteiger partial charge is 0.312 e. The van der Waals surface area contributed by atoms with Crippen LogP contribution in [0.15, 0.2) is 11.1 Å². The molecular weight excluding hydrogens is 592 g/mol. The molecule has 5 fully saturated rings. The zero-order valence-corrected chi connectivity index (χ0v) is 28.5. The summed E-state index contributed by atoms with van der Waals surface area (Å²) in [6.07, 6.45) is -0.0887. The van der Waals surface area contributed by atoms with Gasteiger partial charge in [-0.1, -0.05) is 45.8 Å². The van der Waals surface area contributed by atoms with Crippen LogP contribution in [0.1, 0.15) is 106 Å². The summed E-state index contributed by atoms with van der Waals surface area (Å²) in [5, 5.41) is 73.3. The van der Waals surface area contributed by atoms with Gasteiger partial charge >= 0.3 is 5.97 Å². The molecule has 15 atom stereocenters. The Kier molecular flexibility index (Phi) is 8.46. The lowest BCUT2D eigenvalue weighted by atomic mass is 9.34. The van der Waals surface area contributed by atoms with Crippen LogP contribution in [-0.4, -0.2) is 97.8 Å². The molecule has 0 aromatic heterocycles. The maximum Gasteiger partial charge on any atom is 0.312 e. The summed E-state index contributed by atoms with van der Waals surface area (Å²) in [7, 11) is 0. The summed E-state index contributed by atoms with van der Waals surface area (Å²) in [6, 6.07) is 0. The van der Waals surface area contributed by atoms with Crippen LogP contribution in [0.2, 0.25) is 0 Å². The van der Waals surface area contributed by atoms with Gasteiger partial charge in [-0.05, 0) is 105 Å². The van der Waals surface area contributed by atoms with Crippen molar-refractivity contribution in [3.05, 3.63) is 11.1 Å². The summed E-state index contributed by atoms with van der Waals surface area (Å²) in [4.78, 5) is 12.7. The molecule has 262 valence electrons. The van der Waals surface area contributed by atoms with Gasteiger partial charge in [0.15, 0.2) is 6.29 Å². The number of carbonyl (C=O) groups is 1. The van der Waals surface area contributed by atoms with Crippen LogP contribution in [0.5, 0.6) is 0 Å². The van der Waals surface area contributed by atoms with Crippen LogP contribution in [-0.2, 0) is 14.3 Å². The number of fused-ring (bicyclic) bond motifs is 6. The number of aliphatic carboxylic acids is 1. The monoisotopic (exact) mass is 650 g/mol. The van der Waals surface area contributed by atoms with Gasteiger partial charge in [0.1, 0.15) is 24.4 Å². The highest BCUT2D eigenvalue weighted by atomic mass is 16.7. The van der Waals surface area contributed by atoms with Gasteiger partial charge in [-0.3, -0.25) is 4.79 Å². The van der Waals surface area contributed by atoms with Crippen molar-refractivity contribution in [2.24, 2.45) is 44.3 Å². The second kappa shape index (κ2) is 11.2. The van der Waals surface area contributed by atoms with E-state index >= 15 is 0 Å². The van der Waals surface area contributed by atoms with E-state index in [2.05, 4.69) is 27.7 Å². The Bertz CT molecular complexity index is 1250. The predicted molar refractivity (Wildman–Crippen MR) is 168 cm³/mol. The fourth-order valence-corrected chi connectivity index (χ4v) is 12.1. The molecule has 7 N–H and O–H groups in total. The minimum atomic E-state index is -1.53. The van der Waals surface area contributed by atoms with Crippen molar-refractivity contribution in [3.8, 4) is 0 Å². The summed E-state index contributed by atoms with van der Waals surface area (Å²) < 4.78 is 12.1. The van der Waals surface area contributed by atoms with Crippen LogP contribution < -0.4 is 0 Å². The van der Waals surface area contributed by atoms with E-state index in [9.17, 15) is 40.5 Å². The molecule has 6 aliphatic rings. The Labute approximate surface area is 273 Å². The summed E-state index contributed by atoms with van der Waals surface area (Å²) in [6.45, 7) is 12.6. The number of hydrogen-bond donors (Lipinski definition) is 7. The minimum absolute atomic E-state index is 0.0405. The average molecular weight is 651 g/mol. The first-order valence-electron chi connectivity index (χ1n) is 17.6. The van der Waals surface area contributed by atoms with Crippen molar-refractivity contribution >= 4 is 5.97 Å². The zero-order chi connectivity index (χ0) is 33.8. The second-order valence-electron chi connectivity index (χ2n) is 17.6. The lowest BCUT2D eigenvalue weighted by Crippen LogP contribution is -2.66. The van der Waals surface area contributed by atoms with E-state index in [4.69, 9.17) is 9.47 Å². The Morgan fingerprint density at radius 2 is 1.54 bits per heavy atom. The Morgan fingerprint density at radius 1 is 0.848 bits per heavy atom. The third-order valence-corrected chi connectivity index (χ3v) is 15.5. The second-order valence-corrected chi connectivity index (χ2v) is 17.6. The van der Waals surface area contributed by atoms with E-state index in [1.54, 1.807) is 6.92 Å². The molecule has 0 radical (unpaired) electrons. The highest BCUT2D eigenvalue weighted by molar-refractivity contribution is 5.76. The number of hydrogen-bond acceptors (Lipinski definition) is 9. The van der Waals surface area contributed by atoms with Crippen LogP contribution in [0, 0.1) is 44.3 Å². The highest BCUT2D eigenvalue weighted by Gasteiger charge is 2.69. The van der Waals surface area contributed by atoms with Crippen LogP contribution in [0.3, 0.4) is 0 Å². The Balaban J connectivity index is 1.33. The van der Waals surface area contributed by atoms with Gasteiger partial charge in [-0.25, -0.2) is 0 Å². The third kappa shape index (κ3) is 4.53. The van der Waals surface area contributed by atoms with E-state index in [1.807, 2.05) is 6.92 Å². The molecule has 10 heteroatoms. The zero-order valence-electron chi connectivity index (χ0n) is 28.5. The molecule has 46 heavy (non-hydrogen) atoms. The van der Waals surface area contributed by atoms with Crippen molar-refractivity contribution in [1.82, 2.24) is 0 Å². The molecule has 10 nitrogen and oxygen atoms in total. The highest BCUT2D eigenvalue weighted by Crippen LogP contribution is 2.75. The Hall–Kier alpha value is -1.11. The van der Waals surface area contributed by atoms with E-state index in [1.165, 1.54) is 11.1 Å². The maximum absolute atomic E-state index is 12.7. The largest absolute Gasteiger partial charge is 0.481 e. The van der Waals surface area contributed by atoms with Gasteiger partial charge in [0.25, 0.3) is 0 Å². The number of rotatable bonds is 5. The van der Waals surface area contributed by atoms with Crippen molar-refractivity contribution < 1.29 is 50.0 Å². The van der Waals surface area contributed by atoms with Crippen molar-refractivity contribution in [2.75, 3.05) is 13.2 Å². The van der Waals surface area contributed by atoms with Gasteiger partial charge in [0.2, 0.25) is 0 Å². The van der Waals surface area contributed by atoms with Crippen molar-refractivity contribution in [2.45, 2.75) is 149 Å². The summed E-state index contributed by atoms with van der Waals surface area (Å²) >= 11 is 0. The Morgan fingerprint density at radius 3 is 2.17 bits per heavy atom. The summed E-state index contributed by atoms with van der Waals surface area (Å²) in [5.41, 5.74) is 0.526. The van der Waals surface area contributed by atoms with Gasteiger partial charge < -0.3 is 45.2 Å². The number of aliphatic hydroxyl groups is 6. The van der Waals surface area contributed by atoms with E-state index < -0.39 is 66.3 Å². The molecule has 0 bridgehead atoms. The predicted octanol–water partition coefficient (Wildman–Crippen LogP) is 3.15. The van der Waals surface area contributed by atoms with E-state index in [-0.39, 0.29) is 34.2 Å². The van der Waals surface area contributed by atoms with Crippen molar-refractivity contribution in [1.29, 1.82) is 0 Å². The first-order chi connectivity index (χ1) is 21.4. The number of allylic oxidation sites excluding steroid dienone is 2. The van der Waals surface area contributed by atoms with E-state index in [0.717, 1.165) is 44.9 Å². The van der Waals surface area contributed by atoms with Gasteiger partial charge in [0.05, 0.1) is 30.8 Å². The molecular formula is C36H58O10. The molecule has 4 saturated carbocycles. The lowest BCUT2D eigenvalue weighted by molar-refractivity contribution is -0.324. The van der Waals surface area contributed by atoms with Crippen LogP contribution in [0.25, 0.3) is 0 Å². The third-order valence-electron chi connectivity index (χ3n) is 15.5. The number of aliphatic hydroxyl groups excluding tert-OH is 6. The quantitative estimate of drug-likeness (QED) is 0.219. The van der Waals surface area contributed by atoms with Crippen molar-refractivity contribution in [3.63, 3.8) is 0 Å². The molecule has 0 spiro atoms. The standard InChI is InChI=1S/C36H58O10/c1-31-13-14-34(4)19(7-8-22-33(3)11-10-24(39)36(6,30(43)44)23(33)9-12-35(22,34)5)20(31)15-32(2,18-38)25(16-31)46-29-28(42)27(41)26(40)21(17-37)45-29/h21-29,37-42H,7-18H2,1-6H3,(H,43,44)/t21-,22-,23-,24+,25-,26-,27+,28-,29+,31+,32+,33-,34-,35-,36-/m1/s1. The first-order valence-corrected chi connectivity index (χ1v) is 17.6. The maximum atomic E-state index is 12.7. The molecule has 1 heterocycles. The fourth-order valence-electron chi connectivity index (χ4n) is 12.1. The molecule has 0 amide bonds. The molecule has 1 aliphatic heterocycles. The molecule has 0 unspecified atom stereocenters. The molecule has 0 aromatic rings. The average Bonchev–Trinajstić information content (AvgIpc) is 3.00. The molecule has 6 rings (SSSR count). The SMILES string of the molecule is C[C@@]12CC[C@]3(C)C(=C1C[C@@](C)(CO)[C@H](O[C@@H]1O[C@H](CO)[C@@H](O)[C@H](O)[C@H]1O)C2)CC[C@@H]1[C@@]2(C)CC[C@H](O)[C@](C)(C(=O)O)[C@@H]2CC[C@]13C. The fraction of sp³-hybridized carbons (Fsp3) is 0.917. The van der Waals surface area contributed by atoms with Gasteiger partial charge in [0, 0.05) is 5.41 Å². The van der Waals surface area contributed by atoms with Gasteiger partial charge in [-0.2, -0.15) is 0 Å². The first kappa shape index (κ1) is 34.7. The normalized spacial score (nSPS) is 55.5. The van der Waals surface area contributed by atoms with Crippen LogP contribution in [0.4, 0.5) is 0 Å². The van der Waals surface area contributed by atoms with Gasteiger partial charge in [-0.15, -0.1) is 0 Å². The molecule has 1 saturated heterocycles. The number of carboxylic acids is 1. The molecule has 5 aliphatic carbocycles. The summed E-state index contributed by atoms with van der Waals surface area (Å²) in [5.74, 6) is -0.638. The minimum Gasteiger partial charge on any atom is -0.481 e. The molecule has 0 aromatic carbocycles. The van der Waals surface area contributed by atoms with Crippen LogP contribution >= 0.6 is 0 Å². The van der Waals surface area contributed by atoms with E-state index in [0.29, 0.717) is 25.2 Å². The topological polar surface area (TPSA) is 177 Å². The number of ether oxygens (including phenoxy) is 2. The lowest BCUT2D eigenvalue weighted by Gasteiger charge is -2.70. The number of carboxylic acid groups (broad SMARTS) is 1.